The number of ether oxygens (including phenoxy) is 1. The second-order valence-electron chi connectivity index (χ2n) is 3.97. The summed E-state index contributed by atoms with van der Waals surface area (Å²) in [6.45, 7) is 1.06. The first-order valence-corrected chi connectivity index (χ1v) is 6.21. The number of halogens is 2. The SMILES string of the molecule is NC(=O)c1ccc[n+](CCOc2ccccc2Cl)c1.[Cl-]. The molecule has 0 aliphatic carbocycles. The first kappa shape index (κ1) is 16.3. The molecule has 0 aliphatic rings. The standard InChI is InChI=1S/C14H13ClN2O2.ClH/c15-12-5-1-2-6-13(12)19-9-8-17-7-3-4-11(10-17)14(16)18;/h1-7,10H,8-9H2,(H-,16,18);1H. The van der Waals surface area contributed by atoms with Crippen molar-refractivity contribution >= 4 is 17.5 Å². The molecule has 0 bridgehead atoms. The van der Waals surface area contributed by atoms with Crippen LogP contribution in [-0.4, -0.2) is 12.5 Å². The number of hydrogen-bond donors (Lipinski definition) is 1. The molecule has 2 N–H and O–H groups in total. The van der Waals surface area contributed by atoms with Crippen LogP contribution in [0.4, 0.5) is 0 Å². The first-order valence-electron chi connectivity index (χ1n) is 5.83. The van der Waals surface area contributed by atoms with Gasteiger partial charge in [-0.1, -0.05) is 23.7 Å². The first-order chi connectivity index (χ1) is 9.16. The van der Waals surface area contributed by atoms with E-state index < -0.39 is 5.91 Å². The van der Waals surface area contributed by atoms with Crippen LogP contribution in [0.25, 0.3) is 0 Å². The Hall–Kier alpha value is -1.78. The number of amides is 1. The number of nitrogens with two attached hydrogens (primary N) is 1. The Bertz CT molecular complexity index is 591. The highest BCUT2D eigenvalue weighted by molar-refractivity contribution is 6.32. The lowest BCUT2D eigenvalue weighted by Crippen LogP contribution is -3.00. The minimum Gasteiger partial charge on any atom is -1.00 e. The summed E-state index contributed by atoms with van der Waals surface area (Å²) in [6.07, 6.45) is 3.54. The highest BCUT2D eigenvalue weighted by atomic mass is 35.5. The van der Waals surface area contributed by atoms with E-state index in [1.165, 1.54) is 0 Å². The van der Waals surface area contributed by atoms with E-state index in [0.717, 1.165) is 0 Å². The van der Waals surface area contributed by atoms with Gasteiger partial charge in [-0.25, -0.2) is 4.57 Å². The molecule has 106 valence electrons. The fraction of sp³-hybridized carbons (Fsp3) is 0.143. The molecule has 0 aliphatic heterocycles. The number of pyridine rings is 1. The van der Waals surface area contributed by atoms with Crippen LogP contribution in [0, 0.1) is 0 Å². The molecule has 2 aromatic rings. The number of benzene rings is 1. The van der Waals surface area contributed by atoms with Gasteiger partial charge in [-0.15, -0.1) is 0 Å². The number of aromatic nitrogens is 1. The van der Waals surface area contributed by atoms with E-state index in [2.05, 4.69) is 0 Å². The van der Waals surface area contributed by atoms with Gasteiger partial charge in [-0.3, -0.25) is 4.79 Å². The summed E-state index contributed by atoms with van der Waals surface area (Å²) in [5.74, 6) is 0.206. The van der Waals surface area contributed by atoms with Crippen molar-refractivity contribution in [1.82, 2.24) is 0 Å². The van der Waals surface area contributed by atoms with E-state index in [4.69, 9.17) is 22.1 Å². The van der Waals surface area contributed by atoms with E-state index in [9.17, 15) is 4.79 Å². The molecule has 0 radical (unpaired) electrons. The maximum absolute atomic E-state index is 11.1. The average Bonchev–Trinajstić information content (AvgIpc) is 2.41. The van der Waals surface area contributed by atoms with Crippen molar-refractivity contribution in [2.24, 2.45) is 5.73 Å². The summed E-state index contributed by atoms with van der Waals surface area (Å²) < 4.78 is 7.42. The van der Waals surface area contributed by atoms with E-state index in [1.807, 2.05) is 29.0 Å². The van der Waals surface area contributed by atoms with Gasteiger partial charge in [0.15, 0.2) is 18.9 Å². The molecule has 0 saturated heterocycles. The summed E-state index contributed by atoms with van der Waals surface area (Å²) in [5.41, 5.74) is 5.69. The topological polar surface area (TPSA) is 56.2 Å². The van der Waals surface area contributed by atoms with Gasteiger partial charge in [0.05, 0.1) is 5.02 Å². The molecule has 4 nitrogen and oxygen atoms in total. The van der Waals surface area contributed by atoms with Crippen molar-refractivity contribution in [2.45, 2.75) is 6.54 Å². The van der Waals surface area contributed by atoms with Crippen molar-refractivity contribution < 1.29 is 26.5 Å². The lowest BCUT2D eigenvalue weighted by molar-refractivity contribution is -0.697. The van der Waals surface area contributed by atoms with Gasteiger partial charge in [-0.05, 0) is 18.2 Å². The zero-order chi connectivity index (χ0) is 13.7. The van der Waals surface area contributed by atoms with Crippen molar-refractivity contribution in [1.29, 1.82) is 0 Å². The molecular formula is C14H14Cl2N2O2. The number of para-hydroxylation sites is 1. The fourth-order valence-corrected chi connectivity index (χ4v) is 1.82. The normalized spacial score (nSPS) is 9.65. The van der Waals surface area contributed by atoms with Gasteiger partial charge >= 0.3 is 0 Å². The van der Waals surface area contributed by atoms with Crippen molar-refractivity contribution in [3.05, 3.63) is 59.4 Å². The molecule has 0 saturated carbocycles. The summed E-state index contributed by atoms with van der Waals surface area (Å²) >= 11 is 5.98. The minimum atomic E-state index is -0.443. The minimum absolute atomic E-state index is 0. The zero-order valence-corrected chi connectivity index (χ0v) is 12.1. The van der Waals surface area contributed by atoms with E-state index >= 15 is 0 Å². The van der Waals surface area contributed by atoms with Gasteiger partial charge in [0.2, 0.25) is 0 Å². The fourth-order valence-electron chi connectivity index (χ4n) is 1.63. The highest BCUT2D eigenvalue weighted by Gasteiger charge is 2.07. The monoisotopic (exact) mass is 312 g/mol. The van der Waals surface area contributed by atoms with Crippen molar-refractivity contribution in [3.63, 3.8) is 0 Å². The van der Waals surface area contributed by atoms with Crippen LogP contribution < -0.4 is 27.4 Å². The Morgan fingerprint density at radius 3 is 2.70 bits per heavy atom. The number of carbonyl (C=O) groups is 1. The number of primary amides is 1. The Morgan fingerprint density at radius 1 is 1.25 bits per heavy atom. The zero-order valence-electron chi connectivity index (χ0n) is 10.6. The Morgan fingerprint density at radius 2 is 2.00 bits per heavy atom. The molecule has 2 rings (SSSR count). The lowest BCUT2D eigenvalue weighted by Gasteiger charge is -2.05. The molecule has 6 heteroatoms. The molecule has 1 aromatic carbocycles. The van der Waals surface area contributed by atoms with Crippen molar-refractivity contribution in [2.75, 3.05) is 6.61 Å². The van der Waals surface area contributed by atoms with E-state index in [-0.39, 0.29) is 12.4 Å². The maximum atomic E-state index is 11.1. The third-order valence-electron chi connectivity index (χ3n) is 2.59. The lowest BCUT2D eigenvalue weighted by atomic mass is 10.3. The largest absolute Gasteiger partial charge is 1.00 e. The molecule has 0 unspecified atom stereocenters. The van der Waals surface area contributed by atoms with Crippen LogP contribution in [0.15, 0.2) is 48.8 Å². The quantitative estimate of drug-likeness (QED) is 0.706. The third kappa shape index (κ3) is 4.40. The number of carbonyl (C=O) groups excluding carboxylic acids is 1. The Kier molecular flexibility index (Phi) is 6.28. The number of hydrogen-bond acceptors (Lipinski definition) is 2. The second-order valence-corrected chi connectivity index (χ2v) is 4.38. The van der Waals surface area contributed by atoms with E-state index in [0.29, 0.717) is 29.5 Å². The van der Waals surface area contributed by atoms with E-state index in [1.54, 1.807) is 24.4 Å². The van der Waals surface area contributed by atoms with Crippen molar-refractivity contribution in [3.8, 4) is 5.75 Å². The number of nitrogens with zero attached hydrogens (tertiary/aromatic N) is 1. The summed E-state index contributed by atoms with van der Waals surface area (Å²) in [5, 5.41) is 0.582. The average molecular weight is 313 g/mol. The van der Waals surface area contributed by atoms with Crippen LogP contribution in [-0.2, 0) is 6.54 Å². The molecule has 1 aromatic heterocycles. The Balaban J connectivity index is 0.00000200. The molecule has 20 heavy (non-hydrogen) atoms. The van der Waals surface area contributed by atoms with Gasteiger partial charge < -0.3 is 22.9 Å². The predicted octanol–water partition coefficient (Wildman–Crippen LogP) is -1.19. The van der Waals surface area contributed by atoms with Gasteiger partial charge in [0, 0.05) is 6.07 Å². The van der Waals surface area contributed by atoms with Crippen LogP contribution in [0.3, 0.4) is 0 Å². The van der Waals surface area contributed by atoms with Crippen LogP contribution in [0.1, 0.15) is 10.4 Å². The van der Waals surface area contributed by atoms with Crippen LogP contribution in [0.5, 0.6) is 5.75 Å². The molecular weight excluding hydrogens is 299 g/mol. The summed E-state index contributed by atoms with van der Waals surface area (Å²) in [6, 6.07) is 10.7. The molecule has 0 fully saturated rings. The number of rotatable bonds is 5. The van der Waals surface area contributed by atoms with Gasteiger partial charge in [-0.2, -0.15) is 0 Å². The van der Waals surface area contributed by atoms with Gasteiger partial charge in [0.25, 0.3) is 5.91 Å². The van der Waals surface area contributed by atoms with Crippen LogP contribution >= 0.6 is 11.6 Å². The van der Waals surface area contributed by atoms with Crippen LogP contribution in [0.2, 0.25) is 5.02 Å². The third-order valence-corrected chi connectivity index (χ3v) is 2.90. The predicted molar refractivity (Wildman–Crippen MR) is 72.1 cm³/mol. The second kappa shape index (κ2) is 7.72. The Labute approximate surface area is 128 Å². The smallest absolute Gasteiger partial charge is 0.254 e. The van der Waals surface area contributed by atoms with Gasteiger partial charge in [0.1, 0.15) is 17.9 Å². The summed E-state index contributed by atoms with van der Waals surface area (Å²) in [7, 11) is 0. The molecule has 0 spiro atoms. The highest BCUT2D eigenvalue weighted by Crippen LogP contribution is 2.22. The summed E-state index contributed by atoms with van der Waals surface area (Å²) in [4.78, 5) is 11.1. The molecule has 0 atom stereocenters. The maximum Gasteiger partial charge on any atom is 0.254 e. The molecule has 1 amide bonds. The molecule has 1 heterocycles.